The predicted octanol–water partition coefficient (Wildman–Crippen LogP) is 6.11. The molecule has 1 amide bonds. The van der Waals surface area contributed by atoms with Crippen molar-refractivity contribution in [3.05, 3.63) is 58.9 Å². The van der Waals surface area contributed by atoms with Crippen molar-refractivity contribution in [3.8, 4) is 5.75 Å². The van der Waals surface area contributed by atoms with Gasteiger partial charge < -0.3 is 10.1 Å². The van der Waals surface area contributed by atoms with Gasteiger partial charge in [0, 0.05) is 29.2 Å². The van der Waals surface area contributed by atoms with Crippen LogP contribution in [0.4, 0.5) is 10.1 Å². The molecule has 0 saturated heterocycles. The monoisotopic (exact) mass is 437 g/mol. The fourth-order valence-electron chi connectivity index (χ4n) is 5.42. The molecule has 0 heterocycles. The first kappa shape index (κ1) is 22.5. The molecule has 0 aliphatic heterocycles. The van der Waals surface area contributed by atoms with Crippen molar-refractivity contribution < 1.29 is 18.7 Å². The molecular weight excluding hydrogens is 405 g/mol. The summed E-state index contributed by atoms with van der Waals surface area (Å²) in [6.07, 6.45) is 7.46. The van der Waals surface area contributed by atoms with Gasteiger partial charge in [-0.1, -0.05) is 18.2 Å². The zero-order chi connectivity index (χ0) is 22.7. The number of methoxy groups -OCH3 is 1. The molecule has 4 nitrogen and oxygen atoms in total. The van der Waals surface area contributed by atoms with Gasteiger partial charge in [0.05, 0.1) is 7.11 Å². The average Bonchev–Trinajstić information content (AvgIpc) is 2.94. The summed E-state index contributed by atoms with van der Waals surface area (Å²) in [4.78, 5) is 25.9. The molecule has 0 aromatic heterocycles. The molecule has 0 bridgehead atoms. The number of ether oxygens (including phenoxy) is 1. The molecule has 1 N–H and O–H groups in total. The van der Waals surface area contributed by atoms with E-state index in [2.05, 4.69) is 18.3 Å². The van der Waals surface area contributed by atoms with Gasteiger partial charge in [0.25, 0.3) is 0 Å². The van der Waals surface area contributed by atoms with Crippen LogP contribution < -0.4 is 10.1 Å². The molecule has 0 radical (unpaired) electrons. The van der Waals surface area contributed by atoms with E-state index in [1.165, 1.54) is 30.4 Å². The number of hydrogen-bond acceptors (Lipinski definition) is 3. The fourth-order valence-corrected chi connectivity index (χ4v) is 5.42. The number of benzene rings is 2. The highest BCUT2D eigenvalue weighted by Gasteiger charge is 2.32. The van der Waals surface area contributed by atoms with Crippen LogP contribution >= 0.6 is 0 Å². The quantitative estimate of drug-likeness (QED) is 0.574. The van der Waals surface area contributed by atoms with Crippen LogP contribution in [0.25, 0.3) is 0 Å². The van der Waals surface area contributed by atoms with Crippen LogP contribution in [0.2, 0.25) is 0 Å². The molecule has 1 saturated carbocycles. The molecule has 2 aromatic rings. The molecular formula is C27H32FNO3. The van der Waals surface area contributed by atoms with Crippen LogP contribution in [0.15, 0.2) is 36.4 Å². The summed E-state index contributed by atoms with van der Waals surface area (Å²) >= 11 is 0. The minimum absolute atomic E-state index is 0.0528. The fraction of sp³-hybridized carbons (Fsp3) is 0.481. The predicted molar refractivity (Wildman–Crippen MR) is 124 cm³/mol. The second-order valence-electron chi connectivity index (χ2n) is 9.35. The van der Waals surface area contributed by atoms with E-state index in [4.69, 9.17) is 4.74 Å². The average molecular weight is 438 g/mol. The first-order valence-electron chi connectivity index (χ1n) is 11.7. The van der Waals surface area contributed by atoms with Gasteiger partial charge in [-0.15, -0.1) is 0 Å². The topological polar surface area (TPSA) is 55.4 Å². The van der Waals surface area contributed by atoms with Crippen LogP contribution in [-0.4, -0.2) is 18.8 Å². The van der Waals surface area contributed by atoms with Crippen molar-refractivity contribution >= 4 is 17.4 Å². The number of anilines is 1. The molecule has 5 heteroatoms. The van der Waals surface area contributed by atoms with Gasteiger partial charge in [-0.25, -0.2) is 4.39 Å². The van der Waals surface area contributed by atoms with Gasteiger partial charge >= 0.3 is 0 Å². The number of aryl methyl sites for hydroxylation is 1. The lowest BCUT2D eigenvalue weighted by atomic mass is 9.76. The lowest BCUT2D eigenvalue weighted by molar-refractivity contribution is -0.121. The number of halogens is 1. The van der Waals surface area contributed by atoms with Gasteiger partial charge in [0.2, 0.25) is 5.91 Å². The van der Waals surface area contributed by atoms with E-state index in [9.17, 15) is 14.0 Å². The highest BCUT2D eigenvalue weighted by molar-refractivity contribution is 5.99. The molecule has 32 heavy (non-hydrogen) atoms. The Hall–Kier alpha value is -2.69. The summed E-state index contributed by atoms with van der Waals surface area (Å²) in [6, 6.07) is 10.5. The Labute approximate surface area is 189 Å². The standard InChI is InChI=1S/C27H32FNO3/c1-17-5-3-8-23-22(17)7-4-6-20(26(23)30)15-18-9-11-19(12-10-18)27(31)29-21-13-14-25(32-2)24(28)16-21/h3,5,8,13-14,16,18-20H,4,6-7,9-12,15H2,1-2H3,(H,29,31). The van der Waals surface area contributed by atoms with Gasteiger partial charge in [0.1, 0.15) is 0 Å². The number of ketones is 1. The maximum Gasteiger partial charge on any atom is 0.227 e. The Bertz CT molecular complexity index is 994. The number of fused-ring (bicyclic) bond motifs is 1. The molecule has 4 rings (SSSR count). The Balaban J connectivity index is 1.31. The van der Waals surface area contributed by atoms with Crippen molar-refractivity contribution in [2.45, 2.75) is 58.3 Å². The van der Waals surface area contributed by atoms with Crippen molar-refractivity contribution in [1.82, 2.24) is 0 Å². The van der Waals surface area contributed by atoms with E-state index >= 15 is 0 Å². The molecule has 1 atom stereocenters. The molecule has 1 unspecified atom stereocenters. The van der Waals surface area contributed by atoms with E-state index in [1.807, 2.05) is 12.1 Å². The summed E-state index contributed by atoms with van der Waals surface area (Å²) in [5.74, 6) is 0.442. The van der Waals surface area contributed by atoms with Gasteiger partial charge in [-0.2, -0.15) is 0 Å². The maximum atomic E-state index is 13.9. The molecule has 2 aliphatic carbocycles. The van der Waals surface area contributed by atoms with Gasteiger partial charge in [0.15, 0.2) is 17.3 Å². The van der Waals surface area contributed by atoms with Crippen LogP contribution in [0.3, 0.4) is 0 Å². The number of nitrogens with one attached hydrogen (secondary N) is 1. The molecule has 2 aromatic carbocycles. The number of carbonyl (C=O) groups excluding carboxylic acids is 2. The minimum atomic E-state index is -0.487. The molecule has 2 aliphatic rings. The second kappa shape index (κ2) is 9.85. The molecule has 0 spiro atoms. The Morgan fingerprint density at radius 2 is 1.91 bits per heavy atom. The Kier molecular flexibility index (Phi) is 6.92. The van der Waals surface area contributed by atoms with E-state index < -0.39 is 5.82 Å². The van der Waals surface area contributed by atoms with Crippen LogP contribution in [0.1, 0.15) is 66.4 Å². The van der Waals surface area contributed by atoms with Gasteiger partial charge in [-0.3, -0.25) is 9.59 Å². The zero-order valence-corrected chi connectivity index (χ0v) is 19.0. The highest BCUT2D eigenvalue weighted by Crippen LogP contribution is 2.37. The number of hydrogen-bond donors (Lipinski definition) is 1. The normalized spacial score (nSPS) is 23.2. The van der Waals surface area contributed by atoms with E-state index in [1.54, 1.807) is 6.07 Å². The highest BCUT2D eigenvalue weighted by atomic mass is 19.1. The first-order chi connectivity index (χ1) is 15.5. The summed E-state index contributed by atoms with van der Waals surface area (Å²) in [5.41, 5.74) is 3.83. The number of carbonyl (C=O) groups is 2. The third-order valence-electron chi connectivity index (χ3n) is 7.28. The summed E-state index contributed by atoms with van der Waals surface area (Å²) in [5, 5.41) is 2.84. The van der Waals surface area contributed by atoms with Crippen LogP contribution in [0, 0.1) is 30.5 Å². The Morgan fingerprint density at radius 3 is 2.62 bits per heavy atom. The first-order valence-corrected chi connectivity index (χ1v) is 11.7. The van der Waals surface area contributed by atoms with Gasteiger partial charge in [-0.05, 0) is 87.5 Å². The van der Waals surface area contributed by atoms with Crippen LogP contribution in [-0.2, 0) is 11.2 Å². The zero-order valence-electron chi connectivity index (χ0n) is 19.0. The lowest BCUT2D eigenvalue weighted by Crippen LogP contribution is -2.28. The van der Waals surface area contributed by atoms with Crippen molar-refractivity contribution in [2.24, 2.45) is 17.8 Å². The third kappa shape index (κ3) is 4.87. The van der Waals surface area contributed by atoms with E-state index in [0.29, 0.717) is 17.4 Å². The van der Waals surface area contributed by atoms with E-state index in [0.717, 1.165) is 56.9 Å². The third-order valence-corrected chi connectivity index (χ3v) is 7.28. The van der Waals surface area contributed by atoms with Crippen molar-refractivity contribution in [1.29, 1.82) is 0 Å². The molecule has 1 fully saturated rings. The van der Waals surface area contributed by atoms with Crippen LogP contribution in [0.5, 0.6) is 5.75 Å². The summed E-state index contributed by atoms with van der Waals surface area (Å²) in [7, 11) is 1.41. The largest absolute Gasteiger partial charge is 0.494 e. The van der Waals surface area contributed by atoms with E-state index in [-0.39, 0.29) is 23.5 Å². The smallest absolute Gasteiger partial charge is 0.227 e. The molecule has 170 valence electrons. The number of rotatable bonds is 5. The Morgan fingerprint density at radius 1 is 1.12 bits per heavy atom. The van der Waals surface area contributed by atoms with Crippen molar-refractivity contribution in [2.75, 3.05) is 12.4 Å². The minimum Gasteiger partial charge on any atom is -0.494 e. The SMILES string of the molecule is COc1ccc(NC(=O)C2CCC(CC3CCCc4c(C)cccc4C3=O)CC2)cc1F. The lowest BCUT2D eigenvalue weighted by Gasteiger charge is -2.30. The summed E-state index contributed by atoms with van der Waals surface area (Å²) in [6.45, 7) is 2.10. The van der Waals surface area contributed by atoms with Crippen molar-refractivity contribution in [3.63, 3.8) is 0 Å². The maximum absolute atomic E-state index is 13.9. The summed E-state index contributed by atoms with van der Waals surface area (Å²) < 4.78 is 18.8. The number of Topliss-reactive ketones (excluding diaryl/α,β-unsaturated/α-hetero) is 1. The second-order valence-corrected chi connectivity index (χ2v) is 9.35. The number of amides is 1.